The first kappa shape index (κ1) is 12.7. The molecule has 0 saturated heterocycles. The van der Waals surface area contributed by atoms with Crippen LogP contribution in [0.25, 0.3) is 0 Å². The molecule has 5 heteroatoms. The van der Waals surface area contributed by atoms with Gasteiger partial charge in [-0.15, -0.1) is 0 Å². The number of carboxylic acid groups (broad SMARTS) is 1. The number of aliphatic hydroxyl groups excluding tert-OH is 1. The molecule has 1 aromatic rings. The third-order valence-corrected chi connectivity index (χ3v) is 3.23. The number of hydrogen-bond donors (Lipinski definition) is 2. The monoisotopic (exact) mass is 252 g/mol. The number of methoxy groups -OCH3 is 1. The van der Waals surface area contributed by atoms with Gasteiger partial charge in [-0.05, 0) is 26.0 Å². The van der Waals surface area contributed by atoms with Gasteiger partial charge in [0.25, 0.3) is 0 Å². The fraction of sp³-hybridized carbons (Fsp3) is 0.462. The molecule has 2 rings (SSSR count). The predicted molar refractivity (Wildman–Crippen MR) is 64.4 cm³/mol. The van der Waals surface area contributed by atoms with E-state index in [4.69, 9.17) is 14.6 Å². The summed E-state index contributed by atoms with van der Waals surface area (Å²) in [7, 11) is 1.50. The summed E-state index contributed by atoms with van der Waals surface area (Å²) in [5.74, 6) is -0.234. The number of carboxylic acids is 1. The number of aromatic carboxylic acids is 1. The normalized spacial score (nSPS) is 20.8. The van der Waals surface area contributed by atoms with Gasteiger partial charge in [0, 0.05) is 12.0 Å². The van der Waals surface area contributed by atoms with Crippen molar-refractivity contribution >= 4 is 5.97 Å². The highest BCUT2D eigenvalue weighted by atomic mass is 16.5. The lowest BCUT2D eigenvalue weighted by Gasteiger charge is -2.38. The fourth-order valence-corrected chi connectivity index (χ4v) is 2.05. The molecule has 1 aliphatic heterocycles. The van der Waals surface area contributed by atoms with Crippen LogP contribution in [0.5, 0.6) is 11.5 Å². The van der Waals surface area contributed by atoms with Crippen LogP contribution < -0.4 is 9.47 Å². The average molecular weight is 252 g/mol. The summed E-state index contributed by atoms with van der Waals surface area (Å²) < 4.78 is 10.8. The minimum Gasteiger partial charge on any atom is -0.496 e. The Morgan fingerprint density at radius 1 is 1.50 bits per heavy atom. The van der Waals surface area contributed by atoms with Crippen LogP contribution in [0.1, 0.15) is 29.8 Å². The van der Waals surface area contributed by atoms with Crippen LogP contribution in [-0.4, -0.2) is 35.0 Å². The zero-order valence-corrected chi connectivity index (χ0v) is 10.6. The maximum absolute atomic E-state index is 11.2. The van der Waals surface area contributed by atoms with E-state index >= 15 is 0 Å². The van der Waals surface area contributed by atoms with Crippen LogP contribution in [0.2, 0.25) is 0 Å². The average Bonchev–Trinajstić information content (AvgIpc) is 2.28. The Labute approximate surface area is 105 Å². The predicted octanol–water partition coefficient (Wildman–Crippen LogP) is 1.47. The van der Waals surface area contributed by atoms with Crippen molar-refractivity contribution in [2.75, 3.05) is 7.11 Å². The molecule has 0 amide bonds. The molecule has 5 nitrogen and oxygen atoms in total. The largest absolute Gasteiger partial charge is 0.496 e. The van der Waals surface area contributed by atoms with E-state index in [0.29, 0.717) is 17.7 Å². The lowest BCUT2D eigenvalue weighted by Crippen LogP contribution is -2.46. The smallest absolute Gasteiger partial charge is 0.339 e. The van der Waals surface area contributed by atoms with Gasteiger partial charge in [0.2, 0.25) is 0 Å². The van der Waals surface area contributed by atoms with Gasteiger partial charge in [-0.2, -0.15) is 0 Å². The highest BCUT2D eigenvalue weighted by Gasteiger charge is 2.39. The van der Waals surface area contributed by atoms with Crippen molar-refractivity contribution in [2.24, 2.45) is 0 Å². The van der Waals surface area contributed by atoms with Gasteiger partial charge in [-0.1, -0.05) is 0 Å². The minimum atomic E-state index is -1.05. The van der Waals surface area contributed by atoms with Gasteiger partial charge >= 0.3 is 5.97 Å². The summed E-state index contributed by atoms with van der Waals surface area (Å²) in [6.07, 6.45) is -0.393. The Morgan fingerprint density at radius 3 is 2.72 bits per heavy atom. The van der Waals surface area contributed by atoms with Crippen molar-refractivity contribution in [3.8, 4) is 11.5 Å². The highest BCUT2D eigenvalue weighted by molar-refractivity contribution is 5.92. The van der Waals surface area contributed by atoms with Gasteiger partial charge < -0.3 is 19.7 Å². The number of benzene rings is 1. The van der Waals surface area contributed by atoms with Gasteiger partial charge in [-0.25, -0.2) is 4.79 Å². The minimum absolute atomic E-state index is 0.0887. The molecular formula is C13H16O5. The van der Waals surface area contributed by atoms with E-state index < -0.39 is 17.7 Å². The van der Waals surface area contributed by atoms with Crippen LogP contribution in [0, 0.1) is 0 Å². The van der Waals surface area contributed by atoms with E-state index in [-0.39, 0.29) is 11.3 Å². The van der Waals surface area contributed by atoms with Gasteiger partial charge in [0.1, 0.15) is 22.7 Å². The number of ether oxygens (including phenoxy) is 2. The zero-order chi connectivity index (χ0) is 13.5. The summed E-state index contributed by atoms with van der Waals surface area (Å²) in [5.41, 5.74) is -0.126. The van der Waals surface area contributed by atoms with E-state index in [2.05, 4.69) is 0 Å². The van der Waals surface area contributed by atoms with Gasteiger partial charge in [-0.3, -0.25) is 0 Å². The summed E-state index contributed by atoms with van der Waals surface area (Å²) in [6.45, 7) is 3.46. The van der Waals surface area contributed by atoms with Gasteiger partial charge in [0.05, 0.1) is 13.2 Å². The third kappa shape index (κ3) is 1.90. The highest BCUT2D eigenvalue weighted by Crippen LogP contribution is 2.40. The van der Waals surface area contributed by atoms with Crippen molar-refractivity contribution in [1.82, 2.24) is 0 Å². The van der Waals surface area contributed by atoms with E-state index in [1.54, 1.807) is 19.9 Å². The Hall–Kier alpha value is -1.75. The molecular weight excluding hydrogens is 236 g/mol. The molecule has 1 aromatic carbocycles. The van der Waals surface area contributed by atoms with Crippen LogP contribution >= 0.6 is 0 Å². The molecule has 0 radical (unpaired) electrons. The summed E-state index contributed by atoms with van der Waals surface area (Å²) >= 11 is 0. The Morgan fingerprint density at radius 2 is 2.17 bits per heavy atom. The second-order valence-electron chi connectivity index (χ2n) is 4.85. The molecule has 0 bridgehead atoms. The first-order chi connectivity index (χ1) is 8.36. The van der Waals surface area contributed by atoms with E-state index in [0.717, 1.165) is 0 Å². The summed E-state index contributed by atoms with van der Waals surface area (Å²) in [5, 5.41) is 19.2. The van der Waals surface area contributed by atoms with Crippen molar-refractivity contribution in [3.05, 3.63) is 23.3 Å². The lowest BCUT2D eigenvalue weighted by molar-refractivity contribution is -0.0423. The third-order valence-electron chi connectivity index (χ3n) is 3.23. The fourth-order valence-electron chi connectivity index (χ4n) is 2.05. The van der Waals surface area contributed by atoms with E-state index in [1.807, 2.05) is 0 Å². The standard InChI is InChI=1S/C13H16O5/c1-13(2)10(14)6-8-9(17-3)5-4-7(12(15)16)11(8)18-13/h4-5,10,14H,6H2,1-3H3,(H,15,16)/t10-/m1/s1. The quantitative estimate of drug-likeness (QED) is 0.833. The Balaban J connectivity index is 2.61. The van der Waals surface area contributed by atoms with Crippen molar-refractivity contribution in [2.45, 2.75) is 32.0 Å². The molecule has 0 spiro atoms. The maximum Gasteiger partial charge on any atom is 0.339 e. The van der Waals surface area contributed by atoms with E-state index in [1.165, 1.54) is 13.2 Å². The molecule has 2 N–H and O–H groups in total. The number of hydrogen-bond acceptors (Lipinski definition) is 4. The van der Waals surface area contributed by atoms with Crippen molar-refractivity contribution in [3.63, 3.8) is 0 Å². The molecule has 98 valence electrons. The molecule has 0 aromatic heterocycles. The number of rotatable bonds is 2. The van der Waals surface area contributed by atoms with Crippen LogP contribution in [0.15, 0.2) is 12.1 Å². The summed E-state index contributed by atoms with van der Waals surface area (Å²) in [6, 6.07) is 3.03. The molecule has 18 heavy (non-hydrogen) atoms. The second-order valence-corrected chi connectivity index (χ2v) is 4.85. The first-order valence-electron chi connectivity index (χ1n) is 5.67. The molecule has 1 atom stereocenters. The SMILES string of the molecule is COc1ccc(C(=O)O)c2c1C[C@@H](O)C(C)(C)O2. The molecule has 0 fully saturated rings. The van der Waals surface area contributed by atoms with Crippen molar-refractivity contribution < 1.29 is 24.5 Å². The second kappa shape index (κ2) is 4.17. The maximum atomic E-state index is 11.2. The summed E-state index contributed by atoms with van der Waals surface area (Å²) in [4.78, 5) is 11.2. The Bertz CT molecular complexity index is 492. The Kier molecular flexibility index (Phi) is 2.94. The van der Waals surface area contributed by atoms with Crippen LogP contribution in [0.3, 0.4) is 0 Å². The molecule has 0 aliphatic carbocycles. The molecule has 1 aliphatic rings. The van der Waals surface area contributed by atoms with Crippen LogP contribution in [0.4, 0.5) is 0 Å². The topological polar surface area (TPSA) is 76.0 Å². The van der Waals surface area contributed by atoms with Crippen LogP contribution in [-0.2, 0) is 6.42 Å². The lowest BCUT2D eigenvalue weighted by atomic mass is 9.89. The molecule has 0 unspecified atom stereocenters. The first-order valence-corrected chi connectivity index (χ1v) is 5.67. The molecule has 0 saturated carbocycles. The number of aliphatic hydroxyl groups is 1. The number of fused-ring (bicyclic) bond motifs is 1. The van der Waals surface area contributed by atoms with Gasteiger partial charge in [0.15, 0.2) is 0 Å². The zero-order valence-electron chi connectivity index (χ0n) is 10.6. The number of carbonyl (C=O) groups is 1. The van der Waals surface area contributed by atoms with Crippen molar-refractivity contribution in [1.29, 1.82) is 0 Å². The van der Waals surface area contributed by atoms with E-state index in [9.17, 15) is 9.90 Å². The molecule has 1 heterocycles.